The molecule has 0 spiro atoms. The first-order valence-corrected chi connectivity index (χ1v) is 9.01. The quantitative estimate of drug-likeness (QED) is 0.522. The van der Waals surface area contributed by atoms with Crippen LogP contribution in [-0.2, 0) is 0 Å². The molecule has 0 fully saturated rings. The van der Waals surface area contributed by atoms with Crippen LogP contribution in [-0.4, -0.2) is 51.9 Å². The van der Waals surface area contributed by atoms with Gasteiger partial charge in [0.2, 0.25) is 0 Å². The normalized spacial score (nSPS) is 12.6. The third kappa shape index (κ3) is 6.67. The molecular weight excluding hydrogens is 318 g/mol. The third-order valence-electron chi connectivity index (χ3n) is 3.53. The predicted molar refractivity (Wildman–Crippen MR) is 103 cm³/mol. The molecule has 4 nitrogen and oxygen atoms in total. The Balaban J connectivity index is 0.00000529. The molecule has 131 valence electrons. The zero-order chi connectivity index (χ0) is 17.6. The maximum Gasteiger partial charge on any atom is 0.188 e. The molecule has 0 heterocycles. The summed E-state index contributed by atoms with van der Waals surface area (Å²) in [4.78, 5) is 12.7. The molecule has 1 aromatic carbocycles. The van der Waals surface area contributed by atoms with Crippen molar-refractivity contribution in [3.8, 4) is 17.2 Å². The molecular formula is C18H29LiO4P. The van der Waals surface area contributed by atoms with E-state index < -0.39 is 0 Å². The molecule has 1 rings (SSSR count). The van der Waals surface area contributed by atoms with Gasteiger partial charge in [-0.05, 0) is 44.6 Å². The predicted octanol–water partition coefficient (Wildman–Crippen LogP) is 4.22. The average Bonchev–Trinajstić information content (AvgIpc) is 2.49. The fourth-order valence-corrected chi connectivity index (χ4v) is 3.86. The van der Waals surface area contributed by atoms with Crippen molar-refractivity contribution >= 4 is 33.0 Å². The van der Waals surface area contributed by atoms with Gasteiger partial charge in [0, 0.05) is 18.9 Å². The van der Waals surface area contributed by atoms with Crippen molar-refractivity contribution in [1.82, 2.24) is 0 Å². The minimum absolute atomic E-state index is 0. The summed E-state index contributed by atoms with van der Waals surface area (Å²) < 4.78 is 16.0. The maximum absolute atomic E-state index is 12.7. The third-order valence-corrected chi connectivity index (χ3v) is 5.00. The van der Waals surface area contributed by atoms with E-state index in [0.717, 1.165) is 12.6 Å². The summed E-state index contributed by atoms with van der Waals surface area (Å²) in [5.74, 6) is 2.03. The van der Waals surface area contributed by atoms with Crippen LogP contribution in [0.4, 0.5) is 0 Å². The van der Waals surface area contributed by atoms with Crippen LogP contribution >= 0.6 is 8.58 Å². The van der Waals surface area contributed by atoms with Gasteiger partial charge in [-0.3, -0.25) is 4.79 Å². The summed E-state index contributed by atoms with van der Waals surface area (Å²) in [6, 6.07) is 3.50. The summed E-state index contributed by atoms with van der Waals surface area (Å²) in [7, 11) is 4.85. The van der Waals surface area contributed by atoms with Gasteiger partial charge in [-0.15, -0.1) is 0 Å². The first-order valence-electron chi connectivity index (χ1n) is 7.80. The van der Waals surface area contributed by atoms with E-state index in [4.69, 9.17) is 14.2 Å². The minimum atomic E-state index is 0. The number of carbonyl (C=O) groups is 1. The molecule has 0 aliphatic carbocycles. The first-order chi connectivity index (χ1) is 10.7. The fraction of sp³-hybridized carbons (Fsp3) is 0.611. The first kappa shape index (κ1) is 23.3. The van der Waals surface area contributed by atoms with E-state index in [0.29, 0.717) is 28.7 Å². The van der Waals surface area contributed by atoms with Gasteiger partial charge in [0.05, 0.1) is 21.3 Å². The van der Waals surface area contributed by atoms with Gasteiger partial charge in [0.1, 0.15) is 11.3 Å². The Morgan fingerprint density at radius 1 is 1.08 bits per heavy atom. The molecule has 0 bridgehead atoms. The topological polar surface area (TPSA) is 44.8 Å². The SMILES string of the molecule is COc1ccc(OC)c(C(=O)PCC(C)CC(C)(C)C)c1OC.[Li]. The average molecular weight is 347 g/mol. The molecule has 0 aliphatic rings. The van der Waals surface area contributed by atoms with Crippen LogP contribution in [0.3, 0.4) is 0 Å². The van der Waals surface area contributed by atoms with Crippen LogP contribution in [0.25, 0.3) is 0 Å². The van der Waals surface area contributed by atoms with Gasteiger partial charge in [-0.25, -0.2) is 0 Å². The van der Waals surface area contributed by atoms with Crippen molar-refractivity contribution < 1.29 is 19.0 Å². The van der Waals surface area contributed by atoms with Crippen LogP contribution in [0.15, 0.2) is 12.1 Å². The molecule has 0 saturated carbocycles. The van der Waals surface area contributed by atoms with Gasteiger partial charge in [-0.1, -0.05) is 27.7 Å². The van der Waals surface area contributed by atoms with Gasteiger partial charge in [0.15, 0.2) is 17.0 Å². The largest absolute Gasteiger partial charge is 0.496 e. The number of methoxy groups -OCH3 is 3. The van der Waals surface area contributed by atoms with Crippen molar-refractivity contribution in [3.63, 3.8) is 0 Å². The number of benzene rings is 1. The van der Waals surface area contributed by atoms with Crippen molar-refractivity contribution in [2.24, 2.45) is 11.3 Å². The maximum atomic E-state index is 12.7. The van der Waals surface area contributed by atoms with Gasteiger partial charge in [0.25, 0.3) is 0 Å². The second kappa shape index (κ2) is 10.3. The zero-order valence-corrected chi connectivity index (χ0v) is 17.3. The Kier molecular flexibility index (Phi) is 10.0. The van der Waals surface area contributed by atoms with E-state index >= 15 is 0 Å². The number of ether oxygens (including phenoxy) is 3. The van der Waals surface area contributed by atoms with Crippen LogP contribution in [0, 0.1) is 11.3 Å². The standard InChI is InChI=1S/C18H29O4P.Li/c1-12(10-18(2,3)4)11-23-17(19)15-13(20-5)8-9-14(21-6)16(15)22-7;/h8-9,12,23H,10-11H2,1-7H3;. The second-order valence-electron chi connectivity index (χ2n) is 6.96. The number of rotatable bonds is 8. The van der Waals surface area contributed by atoms with E-state index in [-0.39, 0.29) is 38.4 Å². The smallest absolute Gasteiger partial charge is 0.188 e. The summed E-state index contributed by atoms with van der Waals surface area (Å²) in [6.45, 7) is 8.87. The summed E-state index contributed by atoms with van der Waals surface area (Å²) in [6.07, 6.45) is 1.97. The minimum Gasteiger partial charge on any atom is -0.496 e. The number of carbonyl (C=O) groups excluding carboxylic acids is 1. The van der Waals surface area contributed by atoms with Crippen molar-refractivity contribution in [2.45, 2.75) is 34.1 Å². The van der Waals surface area contributed by atoms with Crippen LogP contribution in [0.5, 0.6) is 17.2 Å². The Labute approximate surface area is 160 Å². The molecule has 2 unspecified atom stereocenters. The molecule has 0 N–H and O–H groups in total. The van der Waals surface area contributed by atoms with Crippen LogP contribution in [0.1, 0.15) is 44.5 Å². The summed E-state index contributed by atoms with van der Waals surface area (Å²) in [5.41, 5.74) is 0.812. The van der Waals surface area contributed by atoms with E-state index in [1.54, 1.807) is 33.5 Å². The molecule has 6 heteroatoms. The van der Waals surface area contributed by atoms with Crippen molar-refractivity contribution in [2.75, 3.05) is 27.5 Å². The van der Waals surface area contributed by atoms with Crippen molar-refractivity contribution in [1.29, 1.82) is 0 Å². The Hall–Kier alpha value is -0.683. The Morgan fingerprint density at radius 2 is 1.62 bits per heavy atom. The molecule has 24 heavy (non-hydrogen) atoms. The fourth-order valence-electron chi connectivity index (χ4n) is 2.77. The Morgan fingerprint density at radius 3 is 2.08 bits per heavy atom. The summed E-state index contributed by atoms with van der Waals surface area (Å²) >= 11 is 0. The summed E-state index contributed by atoms with van der Waals surface area (Å²) in [5, 5.41) is 0. The molecule has 0 amide bonds. The van der Waals surface area contributed by atoms with E-state index in [2.05, 4.69) is 27.7 Å². The molecule has 0 aliphatic heterocycles. The number of hydrogen-bond acceptors (Lipinski definition) is 4. The Bertz CT molecular complexity index is 541. The molecule has 0 saturated heterocycles. The van der Waals surface area contributed by atoms with Gasteiger partial charge in [-0.2, -0.15) is 0 Å². The molecule has 1 radical (unpaired) electrons. The van der Waals surface area contributed by atoms with E-state index in [1.807, 2.05) is 0 Å². The number of hydrogen-bond donors (Lipinski definition) is 0. The zero-order valence-electron chi connectivity index (χ0n) is 16.3. The van der Waals surface area contributed by atoms with Gasteiger partial charge < -0.3 is 14.2 Å². The second-order valence-corrected chi connectivity index (χ2v) is 8.17. The monoisotopic (exact) mass is 347 g/mol. The molecule has 0 aromatic heterocycles. The van der Waals surface area contributed by atoms with Gasteiger partial charge >= 0.3 is 0 Å². The van der Waals surface area contributed by atoms with Crippen molar-refractivity contribution in [3.05, 3.63) is 17.7 Å². The molecule has 1 aromatic rings. The van der Waals surface area contributed by atoms with E-state index in [1.165, 1.54) is 0 Å². The molecule has 2 atom stereocenters. The van der Waals surface area contributed by atoms with Crippen LogP contribution in [0.2, 0.25) is 0 Å². The van der Waals surface area contributed by atoms with E-state index in [9.17, 15) is 4.79 Å². The van der Waals surface area contributed by atoms with Crippen LogP contribution < -0.4 is 14.2 Å².